The van der Waals surface area contributed by atoms with Crippen LogP contribution in [0.4, 0.5) is 0 Å². The summed E-state index contributed by atoms with van der Waals surface area (Å²) in [5.41, 5.74) is 1.13. The number of benzene rings is 1. The van der Waals surface area contributed by atoms with Gasteiger partial charge in [-0.1, -0.05) is 6.07 Å². The van der Waals surface area contributed by atoms with Crippen LogP contribution in [0.3, 0.4) is 0 Å². The minimum Gasteiger partial charge on any atom is -0.497 e. The number of morpholine rings is 1. The van der Waals surface area contributed by atoms with Gasteiger partial charge in [0, 0.05) is 37.3 Å². The Labute approximate surface area is 127 Å². The molecule has 1 aliphatic heterocycles. The van der Waals surface area contributed by atoms with E-state index in [0.717, 1.165) is 43.3 Å². The Balaban J connectivity index is 1.94. The maximum Gasteiger partial charge on any atom is 0.127 e. The van der Waals surface area contributed by atoms with Gasteiger partial charge in [0.25, 0.3) is 0 Å². The van der Waals surface area contributed by atoms with Crippen LogP contribution in [0.2, 0.25) is 0 Å². The van der Waals surface area contributed by atoms with Crippen LogP contribution in [0.15, 0.2) is 18.2 Å². The lowest BCUT2D eigenvalue weighted by Crippen LogP contribution is -2.45. The molecule has 5 nitrogen and oxygen atoms in total. The van der Waals surface area contributed by atoms with Crippen LogP contribution < -0.4 is 14.8 Å². The Morgan fingerprint density at radius 3 is 2.86 bits per heavy atom. The van der Waals surface area contributed by atoms with E-state index in [1.54, 1.807) is 14.2 Å². The Morgan fingerprint density at radius 2 is 2.19 bits per heavy atom. The molecule has 0 bridgehead atoms. The van der Waals surface area contributed by atoms with Gasteiger partial charge in [-0.2, -0.15) is 0 Å². The predicted molar refractivity (Wildman–Crippen MR) is 83.2 cm³/mol. The Morgan fingerprint density at radius 1 is 1.38 bits per heavy atom. The fraction of sp³-hybridized carbons (Fsp3) is 0.625. The van der Waals surface area contributed by atoms with Gasteiger partial charge in [0.15, 0.2) is 0 Å². The van der Waals surface area contributed by atoms with Gasteiger partial charge in [0.05, 0.1) is 26.9 Å². The van der Waals surface area contributed by atoms with E-state index in [-0.39, 0.29) is 12.1 Å². The first-order valence-electron chi connectivity index (χ1n) is 7.39. The topological polar surface area (TPSA) is 43.0 Å². The predicted octanol–water partition coefficient (Wildman–Crippen LogP) is 1.68. The molecule has 2 atom stereocenters. The summed E-state index contributed by atoms with van der Waals surface area (Å²) in [5.74, 6) is 1.65. The Bertz CT molecular complexity index is 453. The van der Waals surface area contributed by atoms with Crippen molar-refractivity contribution in [3.05, 3.63) is 23.8 Å². The molecule has 1 aromatic carbocycles. The molecular weight excluding hydrogens is 268 g/mol. The van der Waals surface area contributed by atoms with Crippen LogP contribution in [-0.2, 0) is 4.74 Å². The van der Waals surface area contributed by atoms with Crippen LogP contribution in [0, 0.1) is 0 Å². The summed E-state index contributed by atoms with van der Waals surface area (Å²) < 4.78 is 16.5. The van der Waals surface area contributed by atoms with Gasteiger partial charge in [0.1, 0.15) is 11.5 Å². The second-order valence-corrected chi connectivity index (χ2v) is 5.49. The van der Waals surface area contributed by atoms with Crippen LogP contribution >= 0.6 is 0 Å². The third-order valence-electron chi connectivity index (χ3n) is 3.90. The van der Waals surface area contributed by atoms with Crippen molar-refractivity contribution in [2.75, 3.05) is 47.5 Å². The van der Waals surface area contributed by atoms with Crippen molar-refractivity contribution in [1.82, 2.24) is 10.2 Å². The van der Waals surface area contributed by atoms with Gasteiger partial charge < -0.3 is 24.4 Å². The molecule has 0 spiro atoms. The standard InChI is InChI=1S/C16H26N2O3/c1-12(17-10-14-11-18(2)7-8-21-14)15-6-5-13(19-3)9-16(15)20-4/h5-6,9,12,14,17H,7-8,10-11H2,1-4H3. The highest BCUT2D eigenvalue weighted by atomic mass is 16.5. The zero-order valence-corrected chi connectivity index (χ0v) is 13.4. The lowest BCUT2D eigenvalue weighted by Gasteiger charge is -2.31. The molecule has 21 heavy (non-hydrogen) atoms. The number of likely N-dealkylation sites (N-methyl/N-ethyl adjacent to an activating group) is 1. The maximum atomic E-state index is 5.77. The number of methoxy groups -OCH3 is 2. The van der Waals surface area contributed by atoms with Crippen LogP contribution in [0.25, 0.3) is 0 Å². The molecule has 1 aromatic rings. The summed E-state index contributed by atoms with van der Waals surface area (Å²) in [7, 11) is 5.47. The van der Waals surface area contributed by atoms with Crippen molar-refractivity contribution in [3.63, 3.8) is 0 Å². The van der Waals surface area contributed by atoms with Crippen molar-refractivity contribution in [2.45, 2.75) is 19.1 Å². The van der Waals surface area contributed by atoms with E-state index >= 15 is 0 Å². The summed E-state index contributed by atoms with van der Waals surface area (Å²) >= 11 is 0. The molecular formula is C16H26N2O3. The second kappa shape index (κ2) is 7.64. The summed E-state index contributed by atoms with van der Waals surface area (Å²) in [6, 6.07) is 6.12. The average molecular weight is 294 g/mol. The van der Waals surface area contributed by atoms with Gasteiger partial charge in [-0.3, -0.25) is 0 Å². The quantitative estimate of drug-likeness (QED) is 0.865. The van der Waals surface area contributed by atoms with Gasteiger partial charge in [0.2, 0.25) is 0 Å². The summed E-state index contributed by atoms with van der Waals surface area (Å²) in [4.78, 5) is 2.30. The third-order valence-corrected chi connectivity index (χ3v) is 3.90. The largest absolute Gasteiger partial charge is 0.497 e. The van der Waals surface area contributed by atoms with Crippen molar-refractivity contribution in [2.24, 2.45) is 0 Å². The fourth-order valence-corrected chi connectivity index (χ4v) is 2.58. The highest BCUT2D eigenvalue weighted by Gasteiger charge is 2.19. The molecule has 2 rings (SSSR count). The molecule has 1 N–H and O–H groups in total. The molecule has 0 saturated carbocycles. The molecule has 1 saturated heterocycles. The normalized spacial score (nSPS) is 21.0. The molecule has 0 aliphatic carbocycles. The van der Waals surface area contributed by atoms with E-state index in [2.05, 4.69) is 24.2 Å². The first kappa shape index (κ1) is 16.1. The number of nitrogens with one attached hydrogen (secondary N) is 1. The van der Waals surface area contributed by atoms with E-state index in [4.69, 9.17) is 14.2 Å². The number of nitrogens with zero attached hydrogens (tertiary/aromatic N) is 1. The first-order valence-corrected chi connectivity index (χ1v) is 7.39. The molecule has 1 aliphatic rings. The van der Waals surface area contributed by atoms with Crippen molar-refractivity contribution >= 4 is 0 Å². The van der Waals surface area contributed by atoms with Crippen LogP contribution in [0.5, 0.6) is 11.5 Å². The highest BCUT2D eigenvalue weighted by molar-refractivity contribution is 5.42. The molecule has 118 valence electrons. The highest BCUT2D eigenvalue weighted by Crippen LogP contribution is 2.29. The van der Waals surface area contributed by atoms with Gasteiger partial charge in [-0.25, -0.2) is 0 Å². The molecule has 5 heteroatoms. The van der Waals surface area contributed by atoms with Crippen molar-refractivity contribution < 1.29 is 14.2 Å². The Kier molecular flexibility index (Phi) is 5.85. The number of ether oxygens (including phenoxy) is 3. The lowest BCUT2D eigenvalue weighted by atomic mass is 10.1. The van der Waals surface area contributed by atoms with E-state index in [9.17, 15) is 0 Å². The number of hydrogen-bond acceptors (Lipinski definition) is 5. The molecule has 2 unspecified atom stereocenters. The average Bonchev–Trinajstić information content (AvgIpc) is 2.52. The van der Waals surface area contributed by atoms with Gasteiger partial charge in [-0.05, 0) is 20.0 Å². The molecule has 0 amide bonds. The van der Waals surface area contributed by atoms with Crippen LogP contribution in [0.1, 0.15) is 18.5 Å². The van der Waals surface area contributed by atoms with E-state index < -0.39 is 0 Å². The summed E-state index contributed by atoms with van der Waals surface area (Å²) in [6.45, 7) is 5.76. The summed E-state index contributed by atoms with van der Waals surface area (Å²) in [6.07, 6.45) is 0.246. The molecule has 0 radical (unpaired) electrons. The molecule has 0 aromatic heterocycles. The number of hydrogen-bond donors (Lipinski definition) is 1. The van der Waals surface area contributed by atoms with Crippen LogP contribution in [-0.4, -0.2) is 58.5 Å². The second-order valence-electron chi connectivity index (χ2n) is 5.49. The maximum absolute atomic E-state index is 5.77. The van der Waals surface area contributed by atoms with E-state index in [1.165, 1.54) is 0 Å². The summed E-state index contributed by atoms with van der Waals surface area (Å²) in [5, 5.41) is 3.53. The van der Waals surface area contributed by atoms with E-state index in [0.29, 0.717) is 0 Å². The van der Waals surface area contributed by atoms with Crippen molar-refractivity contribution in [3.8, 4) is 11.5 Å². The third kappa shape index (κ3) is 4.33. The van der Waals surface area contributed by atoms with Crippen molar-refractivity contribution in [1.29, 1.82) is 0 Å². The van der Waals surface area contributed by atoms with Gasteiger partial charge in [-0.15, -0.1) is 0 Å². The fourth-order valence-electron chi connectivity index (χ4n) is 2.58. The molecule has 1 heterocycles. The lowest BCUT2D eigenvalue weighted by molar-refractivity contribution is -0.0191. The zero-order valence-electron chi connectivity index (χ0n) is 13.4. The Hall–Kier alpha value is -1.30. The van der Waals surface area contributed by atoms with E-state index in [1.807, 2.05) is 18.2 Å². The monoisotopic (exact) mass is 294 g/mol. The first-order chi connectivity index (χ1) is 10.1. The SMILES string of the molecule is COc1ccc(C(C)NCC2CN(C)CCO2)c(OC)c1. The minimum atomic E-state index is 0.196. The minimum absolute atomic E-state index is 0.196. The zero-order chi connectivity index (χ0) is 15.2. The number of rotatable bonds is 6. The smallest absolute Gasteiger partial charge is 0.127 e. The molecule has 1 fully saturated rings. The van der Waals surface area contributed by atoms with Gasteiger partial charge >= 0.3 is 0 Å².